The summed E-state index contributed by atoms with van der Waals surface area (Å²) in [5, 5.41) is 10.2. The molecule has 0 aliphatic carbocycles. The Bertz CT molecular complexity index is 1190. The molecule has 0 saturated carbocycles. The first-order valence-corrected chi connectivity index (χ1v) is 12.5. The van der Waals surface area contributed by atoms with Crippen LogP contribution < -0.4 is 10.9 Å². The number of carbonyl (C=O) groups is 1. The number of aromatic nitrogens is 2. The first kappa shape index (κ1) is 24.4. The van der Waals surface area contributed by atoms with Gasteiger partial charge in [-0.2, -0.15) is 5.10 Å². The molecule has 0 unspecified atom stereocenters. The molecule has 180 valence electrons. The fourth-order valence-electron chi connectivity index (χ4n) is 4.65. The smallest absolute Gasteiger partial charge is 0.274 e. The van der Waals surface area contributed by atoms with Crippen molar-refractivity contribution in [3.63, 3.8) is 0 Å². The normalized spacial score (nSPS) is 16.4. The fraction of sp³-hybridized carbons (Fsp3) is 0.444. The van der Waals surface area contributed by atoms with E-state index in [1.807, 2.05) is 62.4 Å². The minimum atomic E-state index is -0.0356. The van der Waals surface area contributed by atoms with Gasteiger partial charge in [-0.1, -0.05) is 55.8 Å². The third-order valence-electron chi connectivity index (χ3n) is 6.56. The van der Waals surface area contributed by atoms with Crippen molar-refractivity contribution in [3.05, 3.63) is 75.2 Å². The lowest BCUT2D eigenvalue weighted by atomic mass is 10.0. The van der Waals surface area contributed by atoms with Crippen LogP contribution >= 0.6 is 11.6 Å². The summed E-state index contributed by atoms with van der Waals surface area (Å²) in [6, 6.07) is 15.8. The maximum atomic E-state index is 13.3. The number of fused-ring (bicyclic) bond motifs is 1. The van der Waals surface area contributed by atoms with Crippen molar-refractivity contribution in [2.45, 2.75) is 52.1 Å². The second-order valence-electron chi connectivity index (χ2n) is 9.41. The Kier molecular flexibility index (Phi) is 8.01. The molecule has 6 nitrogen and oxygen atoms in total. The molecule has 7 heteroatoms. The van der Waals surface area contributed by atoms with Gasteiger partial charge >= 0.3 is 0 Å². The van der Waals surface area contributed by atoms with Crippen LogP contribution in [0.4, 0.5) is 0 Å². The Hall–Kier alpha value is -2.70. The van der Waals surface area contributed by atoms with E-state index in [1.54, 1.807) is 4.68 Å². The maximum Gasteiger partial charge on any atom is 0.274 e. The molecule has 1 aliphatic heterocycles. The van der Waals surface area contributed by atoms with E-state index in [4.69, 9.17) is 16.7 Å². The molecule has 2 aromatic carbocycles. The van der Waals surface area contributed by atoms with E-state index in [-0.39, 0.29) is 23.4 Å². The van der Waals surface area contributed by atoms with Gasteiger partial charge in [0.15, 0.2) is 0 Å². The zero-order valence-electron chi connectivity index (χ0n) is 20.0. The van der Waals surface area contributed by atoms with Crippen LogP contribution in [0.2, 0.25) is 5.02 Å². The predicted octanol–water partition coefficient (Wildman–Crippen LogP) is 4.27. The van der Waals surface area contributed by atoms with Crippen LogP contribution in [0.3, 0.4) is 0 Å². The highest BCUT2D eigenvalue weighted by atomic mass is 35.5. The highest BCUT2D eigenvalue weighted by Crippen LogP contribution is 2.21. The second kappa shape index (κ2) is 11.2. The van der Waals surface area contributed by atoms with E-state index < -0.39 is 0 Å². The van der Waals surface area contributed by atoms with Gasteiger partial charge in [0.05, 0.1) is 17.6 Å². The SMILES string of the molecule is CC(C)C(=O)NCCCN1CCC[C@@H]1Cn1nc(Cc2ccc(Cl)cc2)c2ccccc2c1=O. The van der Waals surface area contributed by atoms with Crippen LogP contribution in [0.25, 0.3) is 10.8 Å². The van der Waals surface area contributed by atoms with Gasteiger partial charge in [0.25, 0.3) is 5.56 Å². The van der Waals surface area contributed by atoms with E-state index in [0.29, 0.717) is 29.9 Å². The van der Waals surface area contributed by atoms with Gasteiger partial charge in [0, 0.05) is 41.9 Å². The average molecular weight is 481 g/mol. The van der Waals surface area contributed by atoms with Gasteiger partial charge in [0.1, 0.15) is 0 Å². The Balaban J connectivity index is 1.50. The summed E-state index contributed by atoms with van der Waals surface area (Å²) >= 11 is 6.05. The van der Waals surface area contributed by atoms with E-state index in [1.165, 1.54) is 0 Å². The van der Waals surface area contributed by atoms with E-state index in [2.05, 4.69) is 10.2 Å². The van der Waals surface area contributed by atoms with Crippen LogP contribution in [0.1, 0.15) is 44.4 Å². The number of nitrogens with one attached hydrogen (secondary N) is 1. The van der Waals surface area contributed by atoms with Crippen molar-refractivity contribution < 1.29 is 4.79 Å². The lowest BCUT2D eigenvalue weighted by Gasteiger charge is -2.25. The van der Waals surface area contributed by atoms with Gasteiger partial charge in [0.2, 0.25) is 5.91 Å². The standard InChI is InChI=1S/C27H33ClN4O2/c1-19(2)26(33)29-14-6-16-31-15-5-7-22(31)18-32-27(34)24-9-4-3-8-23(24)25(30-32)17-20-10-12-21(28)13-11-20/h3-4,8-13,19,22H,5-7,14-18H2,1-2H3,(H,29,33)/t22-/m1/s1. The highest BCUT2D eigenvalue weighted by molar-refractivity contribution is 6.30. The monoisotopic (exact) mass is 480 g/mol. The Morgan fingerprint density at radius 2 is 1.88 bits per heavy atom. The van der Waals surface area contributed by atoms with Gasteiger partial charge in [-0.25, -0.2) is 4.68 Å². The molecule has 1 N–H and O–H groups in total. The summed E-state index contributed by atoms with van der Waals surface area (Å²) in [5.74, 6) is 0.102. The van der Waals surface area contributed by atoms with Crippen LogP contribution in [0.15, 0.2) is 53.3 Å². The van der Waals surface area contributed by atoms with E-state index in [0.717, 1.165) is 49.0 Å². The molecule has 34 heavy (non-hydrogen) atoms. The Morgan fingerprint density at radius 3 is 2.62 bits per heavy atom. The quantitative estimate of drug-likeness (QED) is 0.464. The van der Waals surface area contributed by atoms with Crippen molar-refractivity contribution in [1.82, 2.24) is 20.0 Å². The summed E-state index contributed by atoms with van der Waals surface area (Å²) in [6.07, 6.45) is 3.70. The summed E-state index contributed by atoms with van der Waals surface area (Å²) in [6.45, 7) is 6.99. The lowest BCUT2D eigenvalue weighted by molar-refractivity contribution is -0.123. The highest BCUT2D eigenvalue weighted by Gasteiger charge is 2.25. The molecule has 1 amide bonds. The maximum absolute atomic E-state index is 13.3. The number of carbonyl (C=O) groups excluding carboxylic acids is 1. The topological polar surface area (TPSA) is 67.2 Å². The Labute approximate surface area is 205 Å². The fourth-order valence-corrected chi connectivity index (χ4v) is 4.77. The molecule has 2 heterocycles. The van der Waals surface area contributed by atoms with Crippen molar-refractivity contribution in [2.24, 2.45) is 5.92 Å². The number of nitrogens with zero attached hydrogens (tertiary/aromatic N) is 3. The summed E-state index contributed by atoms with van der Waals surface area (Å²) in [5.41, 5.74) is 1.98. The first-order valence-electron chi connectivity index (χ1n) is 12.2. The number of benzene rings is 2. The third-order valence-corrected chi connectivity index (χ3v) is 6.81. The number of hydrogen-bond donors (Lipinski definition) is 1. The number of amides is 1. The minimum Gasteiger partial charge on any atom is -0.356 e. The minimum absolute atomic E-state index is 0.00690. The average Bonchev–Trinajstić information content (AvgIpc) is 3.27. The molecule has 0 spiro atoms. The number of rotatable bonds is 9. The molecule has 0 bridgehead atoms. The van der Waals surface area contributed by atoms with Crippen molar-refractivity contribution in [3.8, 4) is 0 Å². The molecule has 1 aromatic heterocycles. The second-order valence-corrected chi connectivity index (χ2v) is 9.85. The van der Waals surface area contributed by atoms with Gasteiger partial charge < -0.3 is 5.32 Å². The zero-order valence-corrected chi connectivity index (χ0v) is 20.7. The van der Waals surface area contributed by atoms with Crippen LogP contribution in [-0.4, -0.2) is 46.3 Å². The number of likely N-dealkylation sites (tertiary alicyclic amines) is 1. The molecule has 1 aliphatic rings. The van der Waals surface area contributed by atoms with Gasteiger partial charge in [-0.05, 0) is 49.6 Å². The molecular formula is C27H33ClN4O2. The summed E-state index contributed by atoms with van der Waals surface area (Å²) in [7, 11) is 0. The zero-order chi connectivity index (χ0) is 24.1. The van der Waals surface area contributed by atoms with Gasteiger partial charge in [-0.3, -0.25) is 14.5 Å². The Morgan fingerprint density at radius 1 is 1.15 bits per heavy atom. The van der Waals surface area contributed by atoms with Crippen molar-refractivity contribution in [1.29, 1.82) is 0 Å². The summed E-state index contributed by atoms with van der Waals surface area (Å²) < 4.78 is 1.66. The molecule has 4 rings (SSSR count). The molecular weight excluding hydrogens is 448 g/mol. The van der Waals surface area contributed by atoms with Crippen LogP contribution in [0.5, 0.6) is 0 Å². The van der Waals surface area contributed by atoms with E-state index >= 15 is 0 Å². The van der Waals surface area contributed by atoms with Crippen LogP contribution in [-0.2, 0) is 17.8 Å². The first-order chi connectivity index (χ1) is 16.4. The molecule has 1 fully saturated rings. The number of hydrogen-bond acceptors (Lipinski definition) is 4. The molecule has 1 saturated heterocycles. The largest absolute Gasteiger partial charge is 0.356 e. The van der Waals surface area contributed by atoms with Gasteiger partial charge in [-0.15, -0.1) is 0 Å². The van der Waals surface area contributed by atoms with Crippen molar-refractivity contribution in [2.75, 3.05) is 19.6 Å². The van der Waals surface area contributed by atoms with Crippen molar-refractivity contribution >= 4 is 28.3 Å². The number of halogens is 1. The summed E-state index contributed by atoms with van der Waals surface area (Å²) in [4.78, 5) is 27.5. The molecule has 1 atom stereocenters. The lowest BCUT2D eigenvalue weighted by Crippen LogP contribution is -2.39. The third kappa shape index (κ3) is 5.86. The van der Waals surface area contributed by atoms with Crippen LogP contribution in [0, 0.1) is 5.92 Å². The molecule has 3 aromatic rings. The molecule has 0 radical (unpaired) electrons. The van der Waals surface area contributed by atoms with E-state index in [9.17, 15) is 9.59 Å². The predicted molar refractivity (Wildman–Crippen MR) is 137 cm³/mol.